The van der Waals surface area contributed by atoms with Gasteiger partial charge in [0.15, 0.2) is 0 Å². The average molecular weight is 534 g/mol. The smallest absolute Gasteiger partial charge is 0.325 e. The molecule has 2 aliphatic heterocycles. The van der Waals surface area contributed by atoms with Crippen molar-refractivity contribution in [1.82, 2.24) is 19.8 Å². The summed E-state index contributed by atoms with van der Waals surface area (Å²) in [4.78, 5) is 47.8. The van der Waals surface area contributed by atoms with E-state index in [1.807, 2.05) is 28.8 Å². The SMILES string of the molecule is O=C(O)CN=CC(=O)NCc1nc2ccccc2n(C2CC3CCC[C@H](C2)N3C2CC3CCCC(C3)C2)c1=O. The third-order valence-electron chi connectivity index (χ3n) is 9.62. The van der Waals surface area contributed by atoms with Gasteiger partial charge in [-0.05, 0) is 68.9 Å². The van der Waals surface area contributed by atoms with Crippen LogP contribution in [0.25, 0.3) is 11.0 Å². The highest BCUT2D eigenvalue weighted by molar-refractivity contribution is 6.26. The van der Waals surface area contributed by atoms with Crippen LogP contribution in [0.1, 0.15) is 82.4 Å². The third kappa shape index (κ3) is 5.51. The summed E-state index contributed by atoms with van der Waals surface area (Å²) in [7, 11) is 0. The van der Waals surface area contributed by atoms with E-state index in [9.17, 15) is 14.4 Å². The van der Waals surface area contributed by atoms with Crippen molar-refractivity contribution in [2.45, 2.75) is 101 Å². The molecule has 9 nitrogen and oxygen atoms in total. The lowest BCUT2D eigenvalue weighted by Crippen LogP contribution is -2.58. The van der Waals surface area contributed by atoms with Crippen LogP contribution in [-0.2, 0) is 16.1 Å². The molecule has 1 aromatic heterocycles. The molecule has 5 atom stereocenters. The van der Waals surface area contributed by atoms with Gasteiger partial charge in [0.05, 0.1) is 23.8 Å². The van der Waals surface area contributed by atoms with Gasteiger partial charge in [-0.3, -0.25) is 24.3 Å². The van der Waals surface area contributed by atoms with Crippen LogP contribution in [0, 0.1) is 11.8 Å². The molecule has 0 spiro atoms. The van der Waals surface area contributed by atoms with Crippen LogP contribution in [0.15, 0.2) is 34.1 Å². The van der Waals surface area contributed by atoms with Crippen molar-refractivity contribution in [3.63, 3.8) is 0 Å². The lowest BCUT2D eigenvalue weighted by atomic mass is 9.68. The van der Waals surface area contributed by atoms with Gasteiger partial charge in [0.1, 0.15) is 12.2 Å². The summed E-state index contributed by atoms with van der Waals surface area (Å²) >= 11 is 0. The van der Waals surface area contributed by atoms with E-state index in [-0.39, 0.29) is 18.1 Å². The first-order valence-electron chi connectivity index (χ1n) is 14.7. The molecular formula is C30H39N5O4. The summed E-state index contributed by atoms with van der Waals surface area (Å²) in [6, 6.07) is 9.60. The number of carbonyl (C=O) groups is 2. The van der Waals surface area contributed by atoms with Crippen molar-refractivity contribution in [3.05, 3.63) is 40.3 Å². The summed E-state index contributed by atoms with van der Waals surface area (Å²) in [5.41, 5.74) is 1.74. The van der Waals surface area contributed by atoms with E-state index in [0.717, 1.165) is 41.9 Å². The normalized spacial score (nSPS) is 30.9. The molecule has 6 rings (SSSR count). The molecule has 2 N–H and O–H groups in total. The molecule has 0 radical (unpaired) electrons. The van der Waals surface area contributed by atoms with Gasteiger partial charge in [-0.2, -0.15) is 0 Å². The lowest BCUT2D eigenvalue weighted by Gasteiger charge is -2.55. The van der Waals surface area contributed by atoms with E-state index in [1.54, 1.807) is 0 Å². The van der Waals surface area contributed by atoms with Crippen molar-refractivity contribution in [1.29, 1.82) is 0 Å². The zero-order valence-electron chi connectivity index (χ0n) is 22.5. The number of carboxylic acids is 1. The second kappa shape index (κ2) is 11.2. The highest BCUT2D eigenvalue weighted by atomic mass is 16.4. The third-order valence-corrected chi connectivity index (χ3v) is 9.62. The first-order valence-corrected chi connectivity index (χ1v) is 14.7. The molecule has 208 valence electrons. The van der Waals surface area contributed by atoms with Crippen LogP contribution in [-0.4, -0.2) is 62.3 Å². The van der Waals surface area contributed by atoms with Crippen molar-refractivity contribution in [3.8, 4) is 0 Å². The minimum absolute atomic E-state index is 0.0296. The maximum absolute atomic E-state index is 13.9. The number of hydrogen-bond acceptors (Lipinski definition) is 6. The zero-order valence-corrected chi connectivity index (χ0v) is 22.5. The molecule has 3 heterocycles. The number of para-hydroxylation sites is 2. The Balaban J connectivity index is 1.25. The number of aliphatic imine (C=N–C) groups is 1. The van der Waals surface area contributed by atoms with Gasteiger partial charge in [0.25, 0.3) is 11.5 Å². The Morgan fingerprint density at radius 3 is 2.36 bits per heavy atom. The van der Waals surface area contributed by atoms with Crippen LogP contribution in [0.4, 0.5) is 0 Å². The quantitative estimate of drug-likeness (QED) is 0.525. The van der Waals surface area contributed by atoms with Gasteiger partial charge < -0.3 is 15.0 Å². The summed E-state index contributed by atoms with van der Waals surface area (Å²) in [6.07, 6.45) is 14.9. The second-order valence-electron chi connectivity index (χ2n) is 12.1. The fraction of sp³-hybridized carbons (Fsp3) is 0.633. The Labute approximate surface area is 228 Å². The number of piperidine rings is 2. The number of rotatable bonds is 7. The van der Waals surface area contributed by atoms with Gasteiger partial charge in [0.2, 0.25) is 0 Å². The molecule has 4 unspecified atom stereocenters. The number of nitrogens with zero attached hydrogens (tertiary/aromatic N) is 4. The van der Waals surface area contributed by atoms with Crippen molar-refractivity contribution < 1.29 is 14.7 Å². The van der Waals surface area contributed by atoms with Gasteiger partial charge in [0, 0.05) is 24.2 Å². The summed E-state index contributed by atoms with van der Waals surface area (Å²) in [5.74, 6) is 0.150. The van der Waals surface area contributed by atoms with Crippen molar-refractivity contribution in [2.75, 3.05) is 6.54 Å². The number of nitrogens with one attached hydrogen (secondary N) is 1. The van der Waals surface area contributed by atoms with Crippen molar-refractivity contribution >= 4 is 29.1 Å². The summed E-state index contributed by atoms with van der Waals surface area (Å²) in [6.45, 7) is -0.504. The number of benzene rings is 1. The maximum atomic E-state index is 13.9. The first kappa shape index (κ1) is 26.2. The predicted molar refractivity (Wildman–Crippen MR) is 149 cm³/mol. The van der Waals surface area contributed by atoms with E-state index >= 15 is 0 Å². The Kier molecular flexibility index (Phi) is 7.51. The number of hydrogen-bond donors (Lipinski definition) is 2. The minimum Gasteiger partial charge on any atom is -0.480 e. The van der Waals surface area contributed by atoms with Crippen molar-refractivity contribution in [2.24, 2.45) is 16.8 Å². The molecule has 39 heavy (non-hydrogen) atoms. The fourth-order valence-corrected chi connectivity index (χ4v) is 8.24. The molecule has 2 saturated carbocycles. The molecule has 1 amide bonds. The second-order valence-corrected chi connectivity index (χ2v) is 12.1. The van der Waals surface area contributed by atoms with E-state index in [4.69, 9.17) is 5.11 Å². The number of aromatic nitrogens is 2. The van der Waals surface area contributed by atoms with Gasteiger partial charge in [-0.15, -0.1) is 0 Å². The minimum atomic E-state index is -1.11. The number of carboxylic acid groups (broad SMARTS) is 1. The monoisotopic (exact) mass is 533 g/mol. The lowest BCUT2D eigenvalue weighted by molar-refractivity contribution is -0.135. The van der Waals surface area contributed by atoms with E-state index in [1.165, 1.54) is 57.8 Å². The van der Waals surface area contributed by atoms with E-state index in [2.05, 4.69) is 20.2 Å². The standard InChI is InChI=1S/C30H39N5O4/c36-28(17-31-18-29(37)38)32-16-26-30(39)35(27-10-2-1-9-25(27)33-26)24-14-21-7-4-8-22(15-24)34(21)23-12-19-5-3-6-20(11-19)13-23/h1-2,9-10,17,19-24H,3-8,11-16,18H2,(H,32,36)(H,37,38)/t19?,20?,21-,22?,23?,24?/m1/s1. The van der Waals surface area contributed by atoms with Crippen LogP contribution in [0.3, 0.4) is 0 Å². The van der Waals surface area contributed by atoms with Gasteiger partial charge in [-0.1, -0.05) is 37.8 Å². The Bertz CT molecular complexity index is 1300. The molecule has 4 fully saturated rings. The highest BCUT2D eigenvalue weighted by Crippen LogP contribution is 2.47. The number of carbonyl (C=O) groups excluding carboxylic acids is 1. The topological polar surface area (TPSA) is 117 Å². The molecule has 4 bridgehead atoms. The number of aliphatic carboxylic acids is 1. The van der Waals surface area contributed by atoms with E-state index < -0.39 is 18.4 Å². The maximum Gasteiger partial charge on any atom is 0.325 e. The zero-order chi connectivity index (χ0) is 26.9. The van der Waals surface area contributed by atoms with Crippen LogP contribution < -0.4 is 10.9 Å². The first-order chi connectivity index (χ1) is 19.0. The molecule has 4 aliphatic rings. The van der Waals surface area contributed by atoms with Gasteiger partial charge >= 0.3 is 5.97 Å². The largest absolute Gasteiger partial charge is 0.480 e. The summed E-state index contributed by atoms with van der Waals surface area (Å²) in [5, 5.41) is 11.4. The number of fused-ring (bicyclic) bond motifs is 5. The average Bonchev–Trinajstić information content (AvgIpc) is 2.91. The van der Waals surface area contributed by atoms with Crippen LogP contribution in [0.5, 0.6) is 0 Å². The molecule has 2 saturated heterocycles. The molecule has 1 aromatic carbocycles. The Morgan fingerprint density at radius 2 is 1.64 bits per heavy atom. The molecule has 2 aliphatic carbocycles. The van der Waals surface area contributed by atoms with Crippen LogP contribution in [0.2, 0.25) is 0 Å². The van der Waals surface area contributed by atoms with Gasteiger partial charge in [-0.25, -0.2) is 4.98 Å². The van der Waals surface area contributed by atoms with Crippen LogP contribution >= 0.6 is 0 Å². The Hall–Kier alpha value is -3.07. The Morgan fingerprint density at radius 1 is 0.949 bits per heavy atom. The fourth-order valence-electron chi connectivity index (χ4n) is 8.24. The molecule has 2 aromatic rings. The summed E-state index contributed by atoms with van der Waals surface area (Å²) < 4.78 is 1.96. The number of amides is 1. The highest BCUT2D eigenvalue weighted by Gasteiger charge is 2.45. The predicted octanol–water partition coefficient (Wildman–Crippen LogP) is 3.69. The molecular weight excluding hydrogens is 494 g/mol. The van der Waals surface area contributed by atoms with E-state index in [0.29, 0.717) is 23.8 Å². The molecule has 9 heteroatoms.